The summed E-state index contributed by atoms with van der Waals surface area (Å²) >= 11 is 0. The van der Waals surface area contributed by atoms with Crippen molar-refractivity contribution in [3.63, 3.8) is 0 Å². The third-order valence-electron chi connectivity index (χ3n) is 4.37. The van der Waals surface area contributed by atoms with Crippen LogP contribution in [0.25, 0.3) is 0 Å². The lowest BCUT2D eigenvalue weighted by Gasteiger charge is -2.40. The zero-order valence-corrected chi connectivity index (χ0v) is 17.4. The van der Waals surface area contributed by atoms with Crippen molar-refractivity contribution in [3.8, 4) is 0 Å². The molecule has 119 valence electrons. The molecule has 1 aromatic rings. The summed E-state index contributed by atoms with van der Waals surface area (Å²) in [5.74, 6) is 0. The average Bonchev–Trinajstić information content (AvgIpc) is 2.35. The fraction of sp³-hybridized carbons (Fsp3) is 0.667. The Kier molecular flexibility index (Phi) is 6.04. The van der Waals surface area contributed by atoms with Gasteiger partial charge in [0.25, 0.3) is 0 Å². The molecular formula is C18H33OSi2. The average molecular weight is 322 g/mol. The molecule has 0 fully saturated rings. The predicted octanol–water partition coefficient (Wildman–Crippen LogP) is 4.44. The molecule has 0 aromatic heterocycles. The predicted molar refractivity (Wildman–Crippen MR) is 100.0 cm³/mol. The fourth-order valence-corrected chi connectivity index (χ4v) is 8.80. The Labute approximate surface area is 134 Å². The fourth-order valence-electron chi connectivity index (χ4n) is 2.69. The molecule has 0 heterocycles. The van der Waals surface area contributed by atoms with Crippen LogP contribution in [0, 0.1) is 0 Å². The molecule has 0 saturated heterocycles. The Morgan fingerprint density at radius 3 is 2.00 bits per heavy atom. The summed E-state index contributed by atoms with van der Waals surface area (Å²) in [7, 11) is -2.50. The van der Waals surface area contributed by atoms with Gasteiger partial charge in [-0.15, -0.1) is 0 Å². The van der Waals surface area contributed by atoms with Crippen molar-refractivity contribution < 1.29 is 4.43 Å². The van der Waals surface area contributed by atoms with Gasteiger partial charge < -0.3 is 4.43 Å². The van der Waals surface area contributed by atoms with Crippen LogP contribution in [0.3, 0.4) is 0 Å². The molecule has 21 heavy (non-hydrogen) atoms. The highest BCUT2D eigenvalue weighted by Crippen LogP contribution is 2.27. The van der Waals surface area contributed by atoms with Crippen molar-refractivity contribution in [2.24, 2.45) is 0 Å². The Morgan fingerprint density at radius 2 is 1.57 bits per heavy atom. The van der Waals surface area contributed by atoms with Crippen LogP contribution in [0.2, 0.25) is 24.2 Å². The van der Waals surface area contributed by atoms with Gasteiger partial charge >= 0.3 is 0 Å². The van der Waals surface area contributed by atoms with E-state index in [-0.39, 0.29) is 5.60 Å². The molecule has 1 unspecified atom stereocenters. The van der Waals surface area contributed by atoms with Crippen LogP contribution in [0.15, 0.2) is 24.3 Å². The van der Waals surface area contributed by atoms with Gasteiger partial charge in [0.1, 0.15) is 0 Å². The Hall–Kier alpha value is -0.386. The maximum Gasteiger partial charge on any atom is 0.224 e. The molecule has 0 aliphatic carbocycles. The molecule has 1 radical (unpaired) electrons. The standard InChI is InChI=1S/C18H33OSi2/c1-14(2)20(8)16-12-10-11-13-17(16)21(9,15(3)4)19-18(5,6)7/h10-15H,1-9H3. The van der Waals surface area contributed by atoms with Gasteiger partial charge in [-0.3, -0.25) is 0 Å². The van der Waals surface area contributed by atoms with E-state index < -0.39 is 17.1 Å². The van der Waals surface area contributed by atoms with Crippen LogP contribution in [0.4, 0.5) is 0 Å². The van der Waals surface area contributed by atoms with Gasteiger partial charge in [0.2, 0.25) is 8.32 Å². The minimum Gasteiger partial charge on any atom is -0.408 e. The van der Waals surface area contributed by atoms with Crippen molar-refractivity contribution in [2.75, 3.05) is 0 Å². The molecule has 0 bridgehead atoms. The number of rotatable bonds is 5. The molecule has 0 saturated carbocycles. The summed E-state index contributed by atoms with van der Waals surface area (Å²) in [6, 6.07) is 9.07. The van der Waals surface area contributed by atoms with E-state index in [1.54, 1.807) is 5.19 Å². The summed E-state index contributed by atoms with van der Waals surface area (Å²) in [4.78, 5) is 0. The van der Waals surface area contributed by atoms with Crippen LogP contribution in [0.1, 0.15) is 48.5 Å². The third-order valence-corrected chi connectivity index (χ3v) is 12.4. The van der Waals surface area contributed by atoms with Crippen molar-refractivity contribution >= 4 is 27.5 Å². The first-order chi connectivity index (χ1) is 9.49. The monoisotopic (exact) mass is 321 g/mol. The Morgan fingerprint density at radius 1 is 1.05 bits per heavy atom. The summed E-state index contributed by atoms with van der Waals surface area (Å²) in [5.41, 5.74) is 1.23. The van der Waals surface area contributed by atoms with Crippen LogP contribution >= 0.6 is 0 Å². The first-order valence-corrected chi connectivity index (χ1v) is 12.7. The maximum absolute atomic E-state index is 6.70. The van der Waals surface area contributed by atoms with Crippen LogP contribution in [-0.4, -0.2) is 22.7 Å². The summed E-state index contributed by atoms with van der Waals surface area (Å²) in [6.07, 6.45) is 0. The van der Waals surface area contributed by atoms with Crippen LogP contribution in [0.5, 0.6) is 0 Å². The highest BCUT2D eigenvalue weighted by molar-refractivity contribution is 6.92. The van der Waals surface area contributed by atoms with Gasteiger partial charge in [-0.1, -0.05) is 63.7 Å². The molecule has 1 rings (SSSR count). The normalized spacial score (nSPS) is 15.8. The highest BCUT2D eigenvalue weighted by atomic mass is 28.4. The molecule has 1 nitrogen and oxygen atoms in total. The van der Waals surface area contributed by atoms with E-state index >= 15 is 0 Å². The van der Waals surface area contributed by atoms with Crippen molar-refractivity contribution in [3.05, 3.63) is 24.3 Å². The lowest BCUT2D eigenvalue weighted by Crippen LogP contribution is -2.61. The first kappa shape index (κ1) is 18.7. The molecule has 0 amide bonds. The maximum atomic E-state index is 6.70. The second kappa shape index (κ2) is 6.80. The number of hydrogen-bond acceptors (Lipinski definition) is 1. The molecule has 1 atom stereocenters. The quantitative estimate of drug-likeness (QED) is 0.729. The van der Waals surface area contributed by atoms with E-state index in [9.17, 15) is 0 Å². The van der Waals surface area contributed by atoms with Crippen molar-refractivity contribution in [1.29, 1.82) is 0 Å². The van der Waals surface area contributed by atoms with E-state index in [0.29, 0.717) is 5.54 Å². The highest BCUT2D eigenvalue weighted by Gasteiger charge is 2.41. The van der Waals surface area contributed by atoms with Gasteiger partial charge in [-0.05, 0) is 43.6 Å². The first-order valence-electron chi connectivity index (χ1n) is 8.12. The molecule has 0 N–H and O–H groups in total. The lowest BCUT2D eigenvalue weighted by atomic mass is 10.2. The van der Waals surface area contributed by atoms with Gasteiger partial charge in [0.05, 0.1) is 8.80 Å². The van der Waals surface area contributed by atoms with E-state index in [1.807, 2.05) is 0 Å². The molecule has 0 aliphatic rings. The zero-order chi connectivity index (χ0) is 16.4. The topological polar surface area (TPSA) is 9.23 Å². The van der Waals surface area contributed by atoms with Gasteiger partial charge in [-0.2, -0.15) is 0 Å². The lowest BCUT2D eigenvalue weighted by molar-refractivity contribution is 0.120. The third kappa shape index (κ3) is 4.54. The second-order valence-corrected chi connectivity index (χ2v) is 15.0. The molecule has 3 heteroatoms. The Balaban J connectivity index is 3.39. The minimum atomic E-state index is -1.97. The summed E-state index contributed by atoms with van der Waals surface area (Å²) in [5, 5.41) is 3.12. The van der Waals surface area contributed by atoms with E-state index in [2.05, 4.69) is 85.8 Å². The zero-order valence-electron chi connectivity index (χ0n) is 15.4. The summed E-state index contributed by atoms with van der Waals surface area (Å²) in [6.45, 7) is 20.8. The smallest absolute Gasteiger partial charge is 0.224 e. The van der Waals surface area contributed by atoms with E-state index in [1.165, 1.54) is 5.19 Å². The van der Waals surface area contributed by atoms with Crippen LogP contribution < -0.4 is 10.4 Å². The molecule has 0 spiro atoms. The van der Waals surface area contributed by atoms with Crippen molar-refractivity contribution in [1.82, 2.24) is 0 Å². The van der Waals surface area contributed by atoms with Gasteiger partial charge in [0, 0.05) is 5.60 Å². The Bertz CT molecular complexity index is 463. The molecular weight excluding hydrogens is 288 g/mol. The largest absolute Gasteiger partial charge is 0.408 e. The van der Waals surface area contributed by atoms with E-state index in [4.69, 9.17) is 4.43 Å². The number of hydrogen-bond donors (Lipinski definition) is 0. The van der Waals surface area contributed by atoms with Gasteiger partial charge in [-0.25, -0.2) is 0 Å². The minimum absolute atomic E-state index is 0.0865. The van der Waals surface area contributed by atoms with Gasteiger partial charge in [0.15, 0.2) is 0 Å². The van der Waals surface area contributed by atoms with Crippen LogP contribution in [-0.2, 0) is 4.43 Å². The number of benzene rings is 1. The molecule has 1 aromatic carbocycles. The SMILES string of the molecule is CC(C)[Si](C)c1ccccc1[Si](C)(OC(C)(C)C)C(C)C. The summed E-state index contributed by atoms with van der Waals surface area (Å²) < 4.78 is 6.70. The van der Waals surface area contributed by atoms with Crippen molar-refractivity contribution in [2.45, 2.75) is 78.2 Å². The van der Waals surface area contributed by atoms with E-state index in [0.717, 1.165) is 5.54 Å². The second-order valence-electron chi connectivity index (χ2n) is 7.86. The molecule has 0 aliphatic heterocycles.